The molecule has 142 valence electrons. The van der Waals surface area contributed by atoms with E-state index in [2.05, 4.69) is 26.6 Å². The van der Waals surface area contributed by atoms with Crippen LogP contribution in [0.15, 0.2) is 93.1 Å². The molecule has 4 nitrogen and oxygen atoms in total. The van der Waals surface area contributed by atoms with Gasteiger partial charge in [0.1, 0.15) is 0 Å². The molecule has 2 N–H and O–H groups in total. The minimum Gasteiger partial charge on any atom is -0.352 e. The van der Waals surface area contributed by atoms with Gasteiger partial charge in [-0.2, -0.15) is 0 Å². The minimum atomic E-state index is -0.178. The maximum Gasteiger partial charge on any atom is 0.251 e. The van der Waals surface area contributed by atoms with Crippen molar-refractivity contribution in [1.82, 2.24) is 5.32 Å². The Kier molecular flexibility index (Phi) is 7.28. The Labute approximate surface area is 176 Å². The van der Waals surface area contributed by atoms with E-state index in [1.165, 1.54) is 0 Å². The molecule has 3 aromatic carbocycles. The highest BCUT2D eigenvalue weighted by molar-refractivity contribution is 9.10. The van der Waals surface area contributed by atoms with Gasteiger partial charge in [-0.1, -0.05) is 45.9 Å². The van der Waals surface area contributed by atoms with Crippen molar-refractivity contribution in [3.63, 3.8) is 0 Å². The lowest BCUT2D eigenvalue weighted by molar-refractivity contribution is -0.116. The Morgan fingerprint density at radius 3 is 2.07 bits per heavy atom. The maximum atomic E-state index is 12.1. The van der Waals surface area contributed by atoms with E-state index in [4.69, 9.17) is 0 Å². The first kappa shape index (κ1) is 20.2. The SMILES string of the molecule is O=C(CCNC(=O)c1ccccc1)Nc1ccc(Sc2ccc(Br)cc2)cc1. The Bertz CT molecular complexity index is 929. The van der Waals surface area contributed by atoms with E-state index in [0.29, 0.717) is 5.56 Å². The van der Waals surface area contributed by atoms with Crippen molar-refractivity contribution in [3.8, 4) is 0 Å². The molecule has 2 amide bonds. The summed E-state index contributed by atoms with van der Waals surface area (Å²) < 4.78 is 1.05. The zero-order valence-electron chi connectivity index (χ0n) is 15.0. The summed E-state index contributed by atoms with van der Waals surface area (Å²) in [7, 11) is 0. The maximum absolute atomic E-state index is 12.1. The number of benzene rings is 3. The normalized spacial score (nSPS) is 10.3. The van der Waals surface area contributed by atoms with E-state index in [1.807, 2.05) is 54.6 Å². The number of halogens is 1. The van der Waals surface area contributed by atoms with Crippen molar-refractivity contribution >= 4 is 45.2 Å². The number of amides is 2. The van der Waals surface area contributed by atoms with Crippen LogP contribution in [0.5, 0.6) is 0 Å². The Balaban J connectivity index is 1.44. The van der Waals surface area contributed by atoms with Crippen LogP contribution in [0, 0.1) is 0 Å². The molecule has 0 aromatic heterocycles. The van der Waals surface area contributed by atoms with Gasteiger partial charge in [0, 0.05) is 38.5 Å². The first-order valence-electron chi connectivity index (χ1n) is 8.77. The minimum absolute atomic E-state index is 0.137. The second-order valence-electron chi connectivity index (χ2n) is 6.00. The van der Waals surface area contributed by atoms with Crippen molar-refractivity contribution < 1.29 is 9.59 Å². The fourth-order valence-electron chi connectivity index (χ4n) is 2.45. The largest absolute Gasteiger partial charge is 0.352 e. The number of rotatable bonds is 7. The van der Waals surface area contributed by atoms with Gasteiger partial charge in [-0.3, -0.25) is 9.59 Å². The van der Waals surface area contributed by atoms with Crippen LogP contribution >= 0.6 is 27.7 Å². The van der Waals surface area contributed by atoms with Gasteiger partial charge < -0.3 is 10.6 Å². The average molecular weight is 455 g/mol. The van der Waals surface area contributed by atoms with E-state index in [1.54, 1.807) is 36.0 Å². The third-order valence-corrected chi connectivity index (χ3v) is 5.41. The van der Waals surface area contributed by atoms with Gasteiger partial charge in [0.25, 0.3) is 5.91 Å². The lowest BCUT2D eigenvalue weighted by Crippen LogP contribution is -2.27. The standard InChI is InChI=1S/C22H19BrN2O2S/c23-17-6-10-19(11-7-17)28-20-12-8-18(9-13-20)25-21(26)14-15-24-22(27)16-4-2-1-3-5-16/h1-13H,14-15H2,(H,24,27)(H,25,26). The summed E-state index contributed by atoms with van der Waals surface area (Å²) in [5, 5.41) is 5.60. The van der Waals surface area contributed by atoms with Crippen molar-refractivity contribution in [2.75, 3.05) is 11.9 Å². The highest BCUT2D eigenvalue weighted by Gasteiger charge is 2.07. The number of carbonyl (C=O) groups excluding carboxylic acids is 2. The van der Waals surface area contributed by atoms with Crippen molar-refractivity contribution in [2.24, 2.45) is 0 Å². The zero-order valence-corrected chi connectivity index (χ0v) is 17.4. The molecule has 28 heavy (non-hydrogen) atoms. The van der Waals surface area contributed by atoms with Gasteiger partial charge in [-0.15, -0.1) is 0 Å². The molecule has 0 aliphatic heterocycles. The van der Waals surface area contributed by atoms with Crippen LogP contribution in [0.3, 0.4) is 0 Å². The summed E-state index contributed by atoms with van der Waals surface area (Å²) in [6.07, 6.45) is 0.216. The van der Waals surface area contributed by atoms with E-state index in [9.17, 15) is 9.59 Å². The summed E-state index contributed by atoms with van der Waals surface area (Å²) in [5.41, 5.74) is 1.32. The van der Waals surface area contributed by atoms with E-state index in [-0.39, 0.29) is 24.8 Å². The van der Waals surface area contributed by atoms with Crippen molar-refractivity contribution in [3.05, 3.63) is 88.9 Å². The summed E-state index contributed by atoms with van der Waals surface area (Å²) >= 11 is 5.09. The smallest absolute Gasteiger partial charge is 0.251 e. The third kappa shape index (κ3) is 6.25. The van der Waals surface area contributed by atoms with Crippen molar-refractivity contribution in [1.29, 1.82) is 0 Å². The molecule has 6 heteroatoms. The fourth-order valence-corrected chi connectivity index (χ4v) is 3.53. The molecule has 0 fully saturated rings. The van der Waals surface area contributed by atoms with Crippen LogP contribution in [0.4, 0.5) is 5.69 Å². The fraction of sp³-hybridized carbons (Fsp3) is 0.0909. The predicted molar refractivity (Wildman–Crippen MR) is 117 cm³/mol. The third-order valence-electron chi connectivity index (χ3n) is 3.86. The molecular formula is C22H19BrN2O2S. The number of hydrogen-bond acceptors (Lipinski definition) is 3. The molecule has 0 radical (unpaired) electrons. The number of anilines is 1. The lowest BCUT2D eigenvalue weighted by Gasteiger charge is -2.08. The molecule has 0 heterocycles. The van der Waals surface area contributed by atoms with E-state index >= 15 is 0 Å². The second kappa shape index (κ2) is 10.1. The van der Waals surface area contributed by atoms with E-state index in [0.717, 1.165) is 20.0 Å². The van der Waals surface area contributed by atoms with Gasteiger partial charge >= 0.3 is 0 Å². The zero-order chi connectivity index (χ0) is 19.8. The number of nitrogens with one attached hydrogen (secondary N) is 2. The topological polar surface area (TPSA) is 58.2 Å². The molecule has 3 aromatic rings. The van der Waals surface area contributed by atoms with Crippen LogP contribution in [0.2, 0.25) is 0 Å². The predicted octanol–water partition coefficient (Wildman–Crippen LogP) is 5.36. The van der Waals surface area contributed by atoms with Crippen LogP contribution in [-0.2, 0) is 4.79 Å². The van der Waals surface area contributed by atoms with Crippen LogP contribution < -0.4 is 10.6 Å². The Morgan fingerprint density at radius 1 is 0.821 bits per heavy atom. The number of hydrogen-bond donors (Lipinski definition) is 2. The van der Waals surface area contributed by atoms with Crippen molar-refractivity contribution in [2.45, 2.75) is 16.2 Å². The Morgan fingerprint density at radius 2 is 1.43 bits per heavy atom. The molecule has 3 rings (SSSR count). The van der Waals surface area contributed by atoms with Gasteiger partial charge in [-0.25, -0.2) is 0 Å². The highest BCUT2D eigenvalue weighted by Crippen LogP contribution is 2.29. The van der Waals surface area contributed by atoms with Gasteiger partial charge in [0.05, 0.1) is 0 Å². The molecule has 0 saturated carbocycles. The second-order valence-corrected chi connectivity index (χ2v) is 8.06. The summed E-state index contributed by atoms with van der Waals surface area (Å²) in [6, 6.07) is 24.8. The average Bonchev–Trinajstić information content (AvgIpc) is 2.72. The Hall–Kier alpha value is -2.57. The quantitative estimate of drug-likeness (QED) is 0.505. The number of carbonyl (C=O) groups is 2. The van der Waals surface area contributed by atoms with E-state index < -0.39 is 0 Å². The van der Waals surface area contributed by atoms with Gasteiger partial charge in [0.15, 0.2) is 0 Å². The summed E-state index contributed by atoms with van der Waals surface area (Å²) in [6.45, 7) is 0.289. The molecule has 0 atom stereocenters. The van der Waals surface area contributed by atoms with Gasteiger partial charge in [-0.05, 0) is 60.7 Å². The monoisotopic (exact) mass is 454 g/mol. The molecule has 0 unspecified atom stereocenters. The first-order chi connectivity index (χ1) is 13.6. The molecule has 0 spiro atoms. The summed E-state index contributed by atoms with van der Waals surface area (Å²) in [4.78, 5) is 26.2. The first-order valence-corrected chi connectivity index (χ1v) is 10.4. The van der Waals surface area contributed by atoms with Crippen LogP contribution in [0.25, 0.3) is 0 Å². The molecular weight excluding hydrogens is 436 g/mol. The highest BCUT2D eigenvalue weighted by atomic mass is 79.9. The molecule has 0 bridgehead atoms. The summed E-state index contributed by atoms with van der Waals surface area (Å²) in [5.74, 6) is -0.315. The molecule has 0 saturated heterocycles. The van der Waals surface area contributed by atoms with Crippen LogP contribution in [-0.4, -0.2) is 18.4 Å². The molecule has 0 aliphatic rings. The van der Waals surface area contributed by atoms with Gasteiger partial charge in [0.2, 0.25) is 5.91 Å². The lowest BCUT2D eigenvalue weighted by atomic mass is 10.2. The van der Waals surface area contributed by atoms with Crippen LogP contribution in [0.1, 0.15) is 16.8 Å². The molecule has 0 aliphatic carbocycles.